The van der Waals surface area contributed by atoms with E-state index in [-0.39, 0.29) is 12.0 Å². The molecule has 0 bridgehead atoms. The highest BCUT2D eigenvalue weighted by molar-refractivity contribution is 5.96. The Morgan fingerprint density at radius 1 is 1.33 bits per heavy atom. The van der Waals surface area contributed by atoms with Crippen LogP contribution in [-0.2, 0) is 0 Å². The van der Waals surface area contributed by atoms with Crippen LogP contribution in [0.4, 0.5) is 11.4 Å². The smallest absolute Gasteiger partial charge is 0.0724 e. The van der Waals surface area contributed by atoms with E-state index in [9.17, 15) is 5.11 Å². The van der Waals surface area contributed by atoms with E-state index < -0.39 is 0 Å². The van der Waals surface area contributed by atoms with E-state index in [1.807, 2.05) is 24.3 Å². The molecule has 1 aromatic carbocycles. The van der Waals surface area contributed by atoms with Gasteiger partial charge in [-0.05, 0) is 37.1 Å². The number of fused-ring (bicyclic) bond motifs is 1. The van der Waals surface area contributed by atoms with Crippen molar-refractivity contribution >= 4 is 22.3 Å². The quantitative estimate of drug-likeness (QED) is 0.718. The SMILES string of the molecule is Nc1c(NCC2(CO)CC2)ccc2ncccc12. The van der Waals surface area contributed by atoms with Gasteiger partial charge in [-0.2, -0.15) is 0 Å². The van der Waals surface area contributed by atoms with Gasteiger partial charge in [0, 0.05) is 23.5 Å². The lowest BCUT2D eigenvalue weighted by molar-refractivity contribution is 0.220. The van der Waals surface area contributed by atoms with E-state index in [0.29, 0.717) is 0 Å². The van der Waals surface area contributed by atoms with Crippen LogP contribution >= 0.6 is 0 Å². The highest BCUT2D eigenvalue weighted by Gasteiger charge is 2.41. The fourth-order valence-electron chi connectivity index (χ4n) is 2.18. The average molecular weight is 243 g/mol. The van der Waals surface area contributed by atoms with Gasteiger partial charge >= 0.3 is 0 Å². The largest absolute Gasteiger partial charge is 0.397 e. The van der Waals surface area contributed by atoms with Crippen molar-refractivity contribution in [3.63, 3.8) is 0 Å². The molecule has 0 radical (unpaired) electrons. The maximum absolute atomic E-state index is 9.29. The fraction of sp³-hybridized carbons (Fsp3) is 0.357. The first kappa shape index (κ1) is 11.3. The standard InChI is InChI=1S/C14H17N3O/c15-13-10-2-1-7-16-11(10)3-4-12(13)17-8-14(9-18)5-6-14/h1-4,7,17-18H,5-6,8-9,15H2. The molecule has 0 amide bonds. The van der Waals surface area contributed by atoms with Crippen LogP contribution < -0.4 is 11.1 Å². The first-order valence-corrected chi connectivity index (χ1v) is 6.22. The lowest BCUT2D eigenvalue weighted by Gasteiger charge is -2.16. The minimum atomic E-state index is 0.0797. The van der Waals surface area contributed by atoms with Crippen molar-refractivity contribution in [3.8, 4) is 0 Å². The number of nitrogens with zero attached hydrogens (tertiary/aromatic N) is 1. The molecule has 3 rings (SSSR count). The highest BCUT2D eigenvalue weighted by atomic mass is 16.3. The summed E-state index contributed by atoms with van der Waals surface area (Å²) in [7, 11) is 0. The van der Waals surface area contributed by atoms with Gasteiger partial charge in [-0.15, -0.1) is 0 Å². The van der Waals surface area contributed by atoms with Gasteiger partial charge in [0.25, 0.3) is 0 Å². The lowest BCUT2D eigenvalue weighted by Crippen LogP contribution is -2.19. The first-order chi connectivity index (χ1) is 8.74. The van der Waals surface area contributed by atoms with E-state index >= 15 is 0 Å². The molecule has 4 nitrogen and oxygen atoms in total. The molecule has 0 spiro atoms. The molecule has 0 aliphatic heterocycles. The molecule has 0 atom stereocenters. The number of aliphatic hydroxyl groups is 1. The van der Waals surface area contributed by atoms with E-state index in [1.165, 1.54) is 0 Å². The van der Waals surface area contributed by atoms with E-state index in [1.54, 1.807) is 6.20 Å². The Hall–Kier alpha value is -1.81. The summed E-state index contributed by atoms with van der Waals surface area (Å²) >= 11 is 0. The molecule has 1 aliphatic carbocycles. The summed E-state index contributed by atoms with van der Waals surface area (Å²) in [5.74, 6) is 0. The van der Waals surface area contributed by atoms with E-state index in [0.717, 1.165) is 41.7 Å². The molecule has 1 fully saturated rings. The molecule has 94 valence electrons. The molecule has 1 aromatic heterocycles. The molecular formula is C14H17N3O. The molecule has 0 saturated heterocycles. The third-order valence-corrected chi connectivity index (χ3v) is 3.77. The van der Waals surface area contributed by atoms with Crippen molar-refractivity contribution in [1.82, 2.24) is 4.98 Å². The Bertz CT molecular complexity index is 578. The Balaban J connectivity index is 1.86. The number of anilines is 2. The molecule has 1 saturated carbocycles. The van der Waals surface area contributed by atoms with Crippen LogP contribution in [0.2, 0.25) is 0 Å². The van der Waals surface area contributed by atoms with Crippen LogP contribution in [0, 0.1) is 5.41 Å². The Labute approximate surface area is 106 Å². The summed E-state index contributed by atoms with van der Waals surface area (Å²) in [5.41, 5.74) is 8.79. The monoisotopic (exact) mass is 243 g/mol. The summed E-state index contributed by atoms with van der Waals surface area (Å²) in [6.07, 6.45) is 3.94. The number of aliphatic hydroxyl groups excluding tert-OH is 1. The minimum absolute atomic E-state index is 0.0797. The van der Waals surface area contributed by atoms with Crippen LogP contribution in [0.5, 0.6) is 0 Å². The number of nitrogens with two attached hydrogens (primary N) is 1. The molecule has 4 N–H and O–H groups in total. The summed E-state index contributed by atoms with van der Waals surface area (Å²) < 4.78 is 0. The molecule has 1 heterocycles. The summed E-state index contributed by atoms with van der Waals surface area (Å²) in [4.78, 5) is 4.27. The third kappa shape index (κ3) is 1.88. The summed E-state index contributed by atoms with van der Waals surface area (Å²) in [6.45, 7) is 1.02. The zero-order valence-corrected chi connectivity index (χ0v) is 10.2. The predicted octanol–water partition coefficient (Wildman–Crippen LogP) is 2.00. The van der Waals surface area contributed by atoms with Crippen LogP contribution in [0.15, 0.2) is 30.5 Å². The van der Waals surface area contributed by atoms with Crippen molar-refractivity contribution in [2.75, 3.05) is 24.2 Å². The zero-order chi connectivity index (χ0) is 12.6. The van der Waals surface area contributed by atoms with E-state index in [4.69, 9.17) is 5.73 Å². The highest BCUT2D eigenvalue weighted by Crippen LogP contribution is 2.45. The predicted molar refractivity (Wildman–Crippen MR) is 73.4 cm³/mol. The molecule has 0 unspecified atom stereocenters. The maximum atomic E-state index is 9.29. The molecule has 4 heteroatoms. The number of nitrogen functional groups attached to an aromatic ring is 1. The second-order valence-electron chi connectivity index (χ2n) is 5.11. The zero-order valence-electron chi connectivity index (χ0n) is 10.2. The normalized spacial score (nSPS) is 16.7. The third-order valence-electron chi connectivity index (χ3n) is 3.77. The van der Waals surface area contributed by atoms with Gasteiger partial charge in [-0.1, -0.05) is 0 Å². The molecule has 18 heavy (non-hydrogen) atoms. The summed E-state index contributed by atoms with van der Waals surface area (Å²) in [5, 5.41) is 13.6. The second-order valence-corrected chi connectivity index (χ2v) is 5.11. The molecule has 2 aromatic rings. The molecule has 1 aliphatic rings. The molecular weight excluding hydrogens is 226 g/mol. The van der Waals surface area contributed by atoms with Crippen molar-refractivity contribution < 1.29 is 5.11 Å². The fourth-order valence-corrected chi connectivity index (χ4v) is 2.18. The minimum Gasteiger partial charge on any atom is -0.397 e. The number of aromatic nitrogens is 1. The van der Waals surface area contributed by atoms with Crippen LogP contribution in [0.25, 0.3) is 10.9 Å². The van der Waals surface area contributed by atoms with Gasteiger partial charge in [-0.25, -0.2) is 0 Å². The summed E-state index contributed by atoms with van der Waals surface area (Å²) in [6, 6.07) is 7.78. The number of nitrogens with one attached hydrogen (secondary N) is 1. The van der Waals surface area contributed by atoms with Gasteiger partial charge in [0.05, 0.1) is 23.5 Å². The van der Waals surface area contributed by atoms with E-state index in [2.05, 4.69) is 10.3 Å². The van der Waals surface area contributed by atoms with Gasteiger partial charge in [0.1, 0.15) is 0 Å². The number of hydrogen-bond acceptors (Lipinski definition) is 4. The van der Waals surface area contributed by atoms with Gasteiger partial charge in [0.15, 0.2) is 0 Å². The van der Waals surface area contributed by atoms with Crippen LogP contribution in [0.3, 0.4) is 0 Å². The van der Waals surface area contributed by atoms with Gasteiger partial charge in [0.2, 0.25) is 0 Å². The Morgan fingerprint density at radius 2 is 2.17 bits per heavy atom. The van der Waals surface area contributed by atoms with Crippen LogP contribution in [-0.4, -0.2) is 23.2 Å². The Kier molecular flexibility index (Phi) is 2.59. The number of benzene rings is 1. The van der Waals surface area contributed by atoms with Crippen molar-refractivity contribution in [2.24, 2.45) is 5.41 Å². The van der Waals surface area contributed by atoms with Crippen LogP contribution in [0.1, 0.15) is 12.8 Å². The lowest BCUT2D eigenvalue weighted by atomic mass is 10.1. The number of pyridine rings is 1. The maximum Gasteiger partial charge on any atom is 0.0724 e. The number of rotatable bonds is 4. The van der Waals surface area contributed by atoms with Crippen molar-refractivity contribution in [1.29, 1.82) is 0 Å². The van der Waals surface area contributed by atoms with Gasteiger partial charge < -0.3 is 16.2 Å². The van der Waals surface area contributed by atoms with Crippen molar-refractivity contribution in [3.05, 3.63) is 30.5 Å². The topological polar surface area (TPSA) is 71.2 Å². The average Bonchev–Trinajstić information content (AvgIpc) is 3.19. The van der Waals surface area contributed by atoms with Crippen molar-refractivity contribution in [2.45, 2.75) is 12.8 Å². The second kappa shape index (κ2) is 4.14. The first-order valence-electron chi connectivity index (χ1n) is 6.22. The van der Waals surface area contributed by atoms with Gasteiger partial charge in [-0.3, -0.25) is 4.98 Å². The Morgan fingerprint density at radius 3 is 2.89 bits per heavy atom. The number of hydrogen-bond donors (Lipinski definition) is 3.